The summed E-state index contributed by atoms with van der Waals surface area (Å²) in [7, 11) is 0. The number of esters is 1. The molecule has 21 heavy (non-hydrogen) atoms. The Balaban J connectivity index is 1.91. The zero-order valence-corrected chi connectivity index (χ0v) is 13.5. The van der Waals surface area contributed by atoms with Crippen LogP contribution in [0.3, 0.4) is 0 Å². The molecule has 1 heterocycles. The van der Waals surface area contributed by atoms with Crippen molar-refractivity contribution >= 4 is 17.7 Å². The van der Waals surface area contributed by atoms with E-state index in [0.717, 1.165) is 18.6 Å². The highest BCUT2D eigenvalue weighted by molar-refractivity contribution is 7.99. The summed E-state index contributed by atoms with van der Waals surface area (Å²) in [6.07, 6.45) is 6.41. The van der Waals surface area contributed by atoms with Crippen LogP contribution in [0.15, 0.2) is 47.9 Å². The van der Waals surface area contributed by atoms with Gasteiger partial charge in [0.05, 0.1) is 5.92 Å². The third-order valence-electron chi connectivity index (χ3n) is 4.00. The Hall–Kier alpha value is -1.22. The summed E-state index contributed by atoms with van der Waals surface area (Å²) in [6.45, 7) is 6.10. The van der Waals surface area contributed by atoms with E-state index in [0.29, 0.717) is 0 Å². The van der Waals surface area contributed by atoms with E-state index >= 15 is 0 Å². The van der Waals surface area contributed by atoms with Crippen molar-refractivity contribution in [1.29, 1.82) is 0 Å². The van der Waals surface area contributed by atoms with Crippen molar-refractivity contribution in [3.8, 4) is 0 Å². The third kappa shape index (κ3) is 4.37. The highest BCUT2D eigenvalue weighted by Gasteiger charge is 2.42. The maximum absolute atomic E-state index is 12.1. The number of carbonyl (C=O) groups is 1. The third-order valence-corrected chi connectivity index (χ3v) is 5.13. The lowest BCUT2D eigenvalue weighted by Gasteiger charge is -2.17. The molecule has 1 saturated heterocycles. The lowest BCUT2D eigenvalue weighted by atomic mass is 9.89. The van der Waals surface area contributed by atoms with Gasteiger partial charge < -0.3 is 4.74 Å². The van der Waals surface area contributed by atoms with Gasteiger partial charge in [-0.05, 0) is 25.0 Å². The van der Waals surface area contributed by atoms with Gasteiger partial charge in [0, 0.05) is 16.6 Å². The molecule has 2 nitrogen and oxygen atoms in total. The topological polar surface area (TPSA) is 26.3 Å². The van der Waals surface area contributed by atoms with Crippen molar-refractivity contribution in [1.82, 2.24) is 0 Å². The fraction of sp³-hybridized carbons (Fsp3) is 0.500. The molecule has 1 unspecified atom stereocenters. The highest BCUT2D eigenvalue weighted by Crippen LogP contribution is 2.36. The van der Waals surface area contributed by atoms with Crippen LogP contribution in [0.25, 0.3) is 0 Å². The Kier molecular flexibility index (Phi) is 6.37. The SMILES string of the molecule is C=C[C@@H]1C(CSc2ccccc2)C(=O)O[C@H]1CCCCC. The van der Waals surface area contributed by atoms with Gasteiger partial charge in [-0.15, -0.1) is 18.3 Å². The number of thioether (sulfide) groups is 1. The zero-order chi connectivity index (χ0) is 15.1. The summed E-state index contributed by atoms with van der Waals surface area (Å²) < 4.78 is 5.59. The number of hydrogen-bond donors (Lipinski definition) is 0. The molecular weight excluding hydrogens is 280 g/mol. The molecule has 0 aliphatic carbocycles. The van der Waals surface area contributed by atoms with Crippen LogP contribution in [0.2, 0.25) is 0 Å². The van der Waals surface area contributed by atoms with Crippen LogP contribution in [0.5, 0.6) is 0 Å². The van der Waals surface area contributed by atoms with E-state index in [1.54, 1.807) is 11.8 Å². The fourth-order valence-electron chi connectivity index (χ4n) is 2.78. The standard InChI is InChI=1S/C18H24O2S/c1-3-5-7-12-17-15(4-2)16(18(19)20-17)13-21-14-10-8-6-9-11-14/h4,6,8-11,15-17H,2-3,5,7,12-13H2,1H3/t15-,16?,17+/m1/s1. The van der Waals surface area contributed by atoms with Crippen molar-refractivity contribution in [2.24, 2.45) is 11.8 Å². The number of benzene rings is 1. The monoisotopic (exact) mass is 304 g/mol. The van der Waals surface area contributed by atoms with Gasteiger partial charge in [0.2, 0.25) is 0 Å². The number of hydrogen-bond acceptors (Lipinski definition) is 3. The molecule has 1 aliphatic heterocycles. The van der Waals surface area contributed by atoms with E-state index in [9.17, 15) is 4.79 Å². The minimum atomic E-state index is -0.0562. The van der Waals surface area contributed by atoms with Gasteiger partial charge in [-0.25, -0.2) is 0 Å². The van der Waals surface area contributed by atoms with Crippen LogP contribution in [0.1, 0.15) is 32.6 Å². The Labute approximate surface area is 132 Å². The lowest BCUT2D eigenvalue weighted by Crippen LogP contribution is -2.20. The van der Waals surface area contributed by atoms with Crippen molar-refractivity contribution < 1.29 is 9.53 Å². The Bertz CT molecular complexity index is 458. The minimum absolute atomic E-state index is 0.0305. The lowest BCUT2D eigenvalue weighted by molar-refractivity contribution is -0.144. The molecule has 1 aromatic rings. The second-order valence-electron chi connectivity index (χ2n) is 5.51. The maximum atomic E-state index is 12.1. The normalized spacial score (nSPS) is 24.8. The molecule has 3 atom stereocenters. The molecule has 0 saturated carbocycles. The zero-order valence-electron chi connectivity index (χ0n) is 12.7. The van der Waals surface area contributed by atoms with Gasteiger partial charge in [-0.2, -0.15) is 0 Å². The molecule has 0 radical (unpaired) electrons. The fourth-order valence-corrected chi connectivity index (χ4v) is 3.86. The molecule has 0 amide bonds. The van der Waals surface area contributed by atoms with Gasteiger partial charge in [0.1, 0.15) is 6.10 Å². The number of carbonyl (C=O) groups excluding carboxylic acids is 1. The van der Waals surface area contributed by atoms with E-state index in [2.05, 4.69) is 25.6 Å². The number of cyclic esters (lactones) is 1. The Morgan fingerprint density at radius 3 is 2.71 bits per heavy atom. The van der Waals surface area contributed by atoms with Crippen molar-refractivity contribution in [2.75, 3.05) is 5.75 Å². The summed E-state index contributed by atoms with van der Waals surface area (Å²) in [4.78, 5) is 13.3. The van der Waals surface area contributed by atoms with Crippen LogP contribution in [0.4, 0.5) is 0 Å². The van der Waals surface area contributed by atoms with Gasteiger partial charge in [0.15, 0.2) is 0 Å². The van der Waals surface area contributed by atoms with E-state index in [1.165, 1.54) is 17.7 Å². The molecule has 1 fully saturated rings. The van der Waals surface area contributed by atoms with E-state index in [1.807, 2.05) is 24.3 Å². The van der Waals surface area contributed by atoms with Gasteiger partial charge in [-0.3, -0.25) is 4.79 Å². The first kappa shape index (κ1) is 16.2. The first-order valence-corrected chi connectivity index (χ1v) is 8.75. The molecule has 3 heteroatoms. The van der Waals surface area contributed by atoms with Gasteiger partial charge in [0.25, 0.3) is 0 Å². The molecule has 114 valence electrons. The molecule has 0 spiro atoms. The summed E-state index contributed by atoms with van der Waals surface area (Å²) in [5.41, 5.74) is 0. The van der Waals surface area contributed by atoms with Crippen LogP contribution in [-0.4, -0.2) is 17.8 Å². The molecule has 0 N–H and O–H groups in total. The van der Waals surface area contributed by atoms with Crippen molar-refractivity contribution in [3.05, 3.63) is 43.0 Å². The quantitative estimate of drug-likeness (QED) is 0.301. The second-order valence-corrected chi connectivity index (χ2v) is 6.61. The van der Waals surface area contributed by atoms with Crippen molar-refractivity contribution in [3.63, 3.8) is 0 Å². The van der Waals surface area contributed by atoms with Crippen LogP contribution in [-0.2, 0) is 9.53 Å². The molecule has 2 rings (SSSR count). The molecule has 1 aliphatic rings. The largest absolute Gasteiger partial charge is 0.461 e. The van der Waals surface area contributed by atoms with E-state index in [4.69, 9.17) is 4.74 Å². The summed E-state index contributed by atoms with van der Waals surface area (Å²) in [5.74, 6) is 0.818. The van der Waals surface area contributed by atoms with Gasteiger partial charge in [-0.1, -0.05) is 44.0 Å². The first-order valence-electron chi connectivity index (χ1n) is 7.77. The number of ether oxygens (including phenoxy) is 1. The Morgan fingerprint density at radius 1 is 1.29 bits per heavy atom. The van der Waals surface area contributed by atoms with Crippen LogP contribution in [0, 0.1) is 11.8 Å². The van der Waals surface area contributed by atoms with E-state index < -0.39 is 0 Å². The van der Waals surface area contributed by atoms with Crippen LogP contribution < -0.4 is 0 Å². The summed E-state index contributed by atoms with van der Waals surface area (Å²) in [5, 5.41) is 0. The van der Waals surface area contributed by atoms with Gasteiger partial charge >= 0.3 is 5.97 Å². The average molecular weight is 304 g/mol. The predicted octanol–water partition coefficient (Wildman–Crippen LogP) is 4.70. The smallest absolute Gasteiger partial charge is 0.310 e. The summed E-state index contributed by atoms with van der Waals surface area (Å²) >= 11 is 1.72. The summed E-state index contributed by atoms with van der Waals surface area (Å²) in [6, 6.07) is 10.2. The molecule has 1 aromatic carbocycles. The second kappa shape index (κ2) is 8.28. The molecule has 0 bridgehead atoms. The Morgan fingerprint density at radius 2 is 2.05 bits per heavy atom. The molecular formula is C18H24O2S. The van der Waals surface area contributed by atoms with Crippen molar-refractivity contribution in [2.45, 2.75) is 43.6 Å². The van der Waals surface area contributed by atoms with E-state index in [-0.39, 0.29) is 23.9 Å². The van der Waals surface area contributed by atoms with Crippen LogP contribution >= 0.6 is 11.8 Å². The molecule has 0 aromatic heterocycles. The average Bonchev–Trinajstić information content (AvgIpc) is 2.81. The first-order chi connectivity index (χ1) is 10.3. The highest BCUT2D eigenvalue weighted by atomic mass is 32.2. The predicted molar refractivity (Wildman–Crippen MR) is 88.4 cm³/mol. The number of rotatable bonds is 8. The maximum Gasteiger partial charge on any atom is 0.310 e. The number of unbranched alkanes of at least 4 members (excludes halogenated alkanes) is 2. The minimum Gasteiger partial charge on any atom is -0.461 e.